The van der Waals surface area contributed by atoms with E-state index in [1.165, 1.54) is 0 Å². The van der Waals surface area contributed by atoms with Crippen molar-refractivity contribution >= 4 is 17.5 Å². The average Bonchev–Trinajstić information content (AvgIpc) is 2.73. The SMILES string of the molecule is CCC(C)NC(=O)c1ccccc1NC(=O)C(C)(C)CCCOc1cc(C)ccc1C. The molecular weight excluding hydrogens is 388 g/mol. The fourth-order valence-corrected chi connectivity index (χ4v) is 3.16. The molecule has 2 aromatic carbocycles. The first-order valence-corrected chi connectivity index (χ1v) is 11.1. The predicted molar refractivity (Wildman–Crippen MR) is 127 cm³/mol. The molecule has 0 heterocycles. The molecule has 31 heavy (non-hydrogen) atoms. The Labute approximate surface area is 186 Å². The molecule has 0 aliphatic carbocycles. The lowest BCUT2D eigenvalue weighted by atomic mass is 9.86. The van der Waals surface area contributed by atoms with Gasteiger partial charge in [0.05, 0.1) is 17.9 Å². The molecule has 0 fully saturated rings. The summed E-state index contributed by atoms with van der Waals surface area (Å²) in [7, 11) is 0. The van der Waals surface area contributed by atoms with Crippen LogP contribution in [0.4, 0.5) is 5.69 Å². The Morgan fingerprint density at radius 1 is 1.10 bits per heavy atom. The van der Waals surface area contributed by atoms with Crippen LogP contribution in [0.5, 0.6) is 5.75 Å². The number of aryl methyl sites for hydroxylation is 2. The molecule has 5 nitrogen and oxygen atoms in total. The molecule has 0 saturated heterocycles. The quantitative estimate of drug-likeness (QED) is 0.484. The fourth-order valence-electron chi connectivity index (χ4n) is 3.16. The molecule has 2 N–H and O–H groups in total. The van der Waals surface area contributed by atoms with E-state index in [-0.39, 0.29) is 17.9 Å². The number of amides is 2. The summed E-state index contributed by atoms with van der Waals surface area (Å²) < 4.78 is 5.92. The van der Waals surface area contributed by atoms with Gasteiger partial charge in [-0.25, -0.2) is 0 Å². The molecule has 0 bridgehead atoms. The summed E-state index contributed by atoms with van der Waals surface area (Å²) in [6, 6.07) is 13.4. The van der Waals surface area contributed by atoms with Crippen LogP contribution in [-0.2, 0) is 4.79 Å². The minimum absolute atomic E-state index is 0.0738. The molecule has 0 spiro atoms. The number of ether oxygens (including phenoxy) is 1. The summed E-state index contributed by atoms with van der Waals surface area (Å²) in [6.07, 6.45) is 2.27. The lowest BCUT2D eigenvalue weighted by Crippen LogP contribution is -2.34. The molecule has 2 aromatic rings. The van der Waals surface area contributed by atoms with Gasteiger partial charge in [0, 0.05) is 11.5 Å². The van der Waals surface area contributed by atoms with Crippen molar-refractivity contribution in [2.24, 2.45) is 5.41 Å². The zero-order valence-electron chi connectivity index (χ0n) is 19.7. The maximum atomic E-state index is 13.0. The van der Waals surface area contributed by atoms with Gasteiger partial charge in [0.2, 0.25) is 5.91 Å². The van der Waals surface area contributed by atoms with Crippen molar-refractivity contribution < 1.29 is 14.3 Å². The normalized spacial score (nSPS) is 12.2. The van der Waals surface area contributed by atoms with Gasteiger partial charge >= 0.3 is 0 Å². The molecule has 5 heteroatoms. The van der Waals surface area contributed by atoms with Crippen LogP contribution in [0.3, 0.4) is 0 Å². The maximum absolute atomic E-state index is 13.0. The number of benzene rings is 2. The van der Waals surface area contributed by atoms with Crippen molar-refractivity contribution in [3.63, 3.8) is 0 Å². The van der Waals surface area contributed by atoms with Gasteiger partial charge in [-0.15, -0.1) is 0 Å². The van der Waals surface area contributed by atoms with Gasteiger partial charge in [0.25, 0.3) is 5.91 Å². The highest BCUT2D eigenvalue weighted by atomic mass is 16.5. The molecular formula is C26H36N2O3. The van der Waals surface area contributed by atoms with E-state index in [0.717, 1.165) is 29.7 Å². The lowest BCUT2D eigenvalue weighted by Gasteiger charge is -2.24. The van der Waals surface area contributed by atoms with Crippen molar-refractivity contribution in [1.29, 1.82) is 0 Å². The van der Waals surface area contributed by atoms with E-state index in [2.05, 4.69) is 22.8 Å². The Hall–Kier alpha value is -2.82. The number of para-hydroxylation sites is 1. The van der Waals surface area contributed by atoms with Gasteiger partial charge < -0.3 is 15.4 Å². The number of hydrogen-bond donors (Lipinski definition) is 2. The highest BCUT2D eigenvalue weighted by Gasteiger charge is 2.28. The Kier molecular flexibility index (Phi) is 8.66. The standard InChI is InChI=1S/C26H36N2O3/c1-7-20(4)27-24(29)21-11-8-9-12-22(21)28-25(30)26(5,6)15-10-16-31-23-17-18(2)13-14-19(23)3/h8-9,11-14,17,20H,7,10,15-16H2,1-6H3,(H,27,29)(H,28,30). The van der Waals surface area contributed by atoms with Crippen LogP contribution < -0.4 is 15.4 Å². The number of hydrogen-bond acceptors (Lipinski definition) is 3. The van der Waals surface area contributed by atoms with Crippen molar-refractivity contribution in [1.82, 2.24) is 5.32 Å². The van der Waals surface area contributed by atoms with Gasteiger partial charge in [0.15, 0.2) is 0 Å². The summed E-state index contributed by atoms with van der Waals surface area (Å²) in [5.41, 5.74) is 2.69. The third-order valence-corrected chi connectivity index (χ3v) is 5.57. The summed E-state index contributed by atoms with van der Waals surface area (Å²) in [4.78, 5) is 25.6. The van der Waals surface area contributed by atoms with E-state index in [4.69, 9.17) is 4.74 Å². The van der Waals surface area contributed by atoms with Crippen LogP contribution in [0, 0.1) is 19.3 Å². The zero-order valence-corrected chi connectivity index (χ0v) is 19.7. The van der Waals surface area contributed by atoms with Gasteiger partial charge in [0.1, 0.15) is 5.75 Å². The largest absolute Gasteiger partial charge is 0.493 e. The van der Waals surface area contributed by atoms with Crippen LogP contribution in [0.15, 0.2) is 42.5 Å². The third kappa shape index (κ3) is 7.12. The van der Waals surface area contributed by atoms with Crippen LogP contribution in [0.2, 0.25) is 0 Å². The zero-order chi connectivity index (χ0) is 23.0. The molecule has 1 atom stereocenters. The second-order valence-electron chi connectivity index (χ2n) is 8.89. The van der Waals surface area contributed by atoms with Crippen LogP contribution in [0.25, 0.3) is 0 Å². The van der Waals surface area contributed by atoms with Crippen molar-refractivity contribution in [3.8, 4) is 5.75 Å². The topological polar surface area (TPSA) is 67.4 Å². The van der Waals surface area contributed by atoms with E-state index in [1.807, 2.05) is 53.7 Å². The van der Waals surface area contributed by atoms with E-state index in [0.29, 0.717) is 24.3 Å². The molecule has 2 rings (SSSR count). The first-order chi connectivity index (χ1) is 14.6. The molecule has 1 unspecified atom stereocenters. The second-order valence-corrected chi connectivity index (χ2v) is 8.89. The monoisotopic (exact) mass is 424 g/mol. The third-order valence-electron chi connectivity index (χ3n) is 5.57. The Morgan fingerprint density at radius 3 is 2.52 bits per heavy atom. The summed E-state index contributed by atoms with van der Waals surface area (Å²) in [5.74, 6) is 0.608. The molecule has 0 aliphatic heterocycles. The summed E-state index contributed by atoms with van der Waals surface area (Å²) >= 11 is 0. The minimum Gasteiger partial charge on any atom is -0.493 e. The Bertz CT molecular complexity index is 905. The van der Waals surface area contributed by atoms with Crippen molar-refractivity contribution in [3.05, 3.63) is 59.2 Å². The number of anilines is 1. The summed E-state index contributed by atoms with van der Waals surface area (Å²) in [5, 5.41) is 5.91. The van der Waals surface area contributed by atoms with Gasteiger partial charge in [-0.05, 0) is 69.4 Å². The first kappa shape index (κ1) is 24.4. The number of nitrogens with one attached hydrogen (secondary N) is 2. The Morgan fingerprint density at radius 2 is 1.81 bits per heavy atom. The van der Waals surface area contributed by atoms with Crippen molar-refractivity contribution in [2.75, 3.05) is 11.9 Å². The predicted octanol–water partition coefficient (Wildman–Crippen LogP) is 5.66. The van der Waals surface area contributed by atoms with Crippen LogP contribution in [-0.4, -0.2) is 24.5 Å². The highest BCUT2D eigenvalue weighted by Crippen LogP contribution is 2.27. The number of rotatable bonds is 10. The molecule has 0 aromatic heterocycles. The Balaban J connectivity index is 1.95. The van der Waals surface area contributed by atoms with E-state index < -0.39 is 5.41 Å². The van der Waals surface area contributed by atoms with E-state index in [9.17, 15) is 9.59 Å². The van der Waals surface area contributed by atoms with Gasteiger partial charge in [-0.2, -0.15) is 0 Å². The number of carbonyl (C=O) groups is 2. The average molecular weight is 425 g/mol. The lowest BCUT2D eigenvalue weighted by molar-refractivity contribution is -0.124. The number of carbonyl (C=O) groups excluding carboxylic acids is 2. The molecule has 0 radical (unpaired) electrons. The van der Waals surface area contributed by atoms with Gasteiger partial charge in [-0.3, -0.25) is 9.59 Å². The smallest absolute Gasteiger partial charge is 0.253 e. The van der Waals surface area contributed by atoms with Crippen LogP contribution in [0.1, 0.15) is 68.4 Å². The molecule has 0 aliphatic rings. The van der Waals surface area contributed by atoms with Gasteiger partial charge in [-0.1, -0.05) is 45.0 Å². The van der Waals surface area contributed by atoms with E-state index >= 15 is 0 Å². The van der Waals surface area contributed by atoms with Crippen molar-refractivity contribution in [2.45, 2.75) is 66.8 Å². The molecule has 2 amide bonds. The fraction of sp³-hybridized carbons (Fsp3) is 0.462. The molecule has 168 valence electrons. The maximum Gasteiger partial charge on any atom is 0.253 e. The second kappa shape index (κ2) is 11.0. The van der Waals surface area contributed by atoms with E-state index in [1.54, 1.807) is 18.2 Å². The highest BCUT2D eigenvalue weighted by molar-refractivity contribution is 6.04. The summed E-state index contributed by atoms with van der Waals surface area (Å²) in [6.45, 7) is 12.4. The van der Waals surface area contributed by atoms with Crippen LogP contribution >= 0.6 is 0 Å². The molecule has 0 saturated carbocycles. The minimum atomic E-state index is -0.592. The first-order valence-electron chi connectivity index (χ1n) is 11.1.